The first kappa shape index (κ1) is 13.5. The molecule has 4 nitrogen and oxygen atoms in total. The quantitative estimate of drug-likeness (QED) is 0.725. The van der Waals surface area contributed by atoms with Gasteiger partial charge in [-0.15, -0.1) is 0 Å². The summed E-state index contributed by atoms with van der Waals surface area (Å²) in [5, 5.41) is 12.3. The van der Waals surface area contributed by atoms with Gasteiger partial charge in [-0.2, -0.15) is 0 Å². The van der Waals surface area contributed by atoms with Gasteiger partial charge in [-0.25, -0.2) is 0 Å². The maximum Gasteiger partial charge on any atom is 0.224 e. The van der Waals surface area contributed by atoms with Crippen LogP contribution in [0.25, 0.3) is 0 Å². The second-order valence-corrected chi connectivity index (χ2v) is 4.58. The predicted molar refractivity (Wildman–Crippen MR) is 64.1 cm³/mol. The van der Waals surface area contributed by atoms with Gasteiger partial charge in [-0.05, 0) is 32.2 Å². The minimum Gasteiger partial charge on any atom is -0.395 e. The first-order valence-electron chi connectivity index (χ1n) is 6.31. The van der Waals surface area contributed by atoms with Gasteiger partial charge >= 0.3 is 0 Å². The molecule has 0 spiro atoms. The van der Waals surface area contributed by atoms with Gasteiger partial charge in [0, 0.05) is 25.6 Å². The lowest BCUT2D eigenvalue weighted by molar-refractivity contribution is -0.132. The number of piperidine rings is 1. The van der Waals surface area contributed by atoms with Crippen LogP contribution in [0.2, 0.25) is 0 Å². The molecule has 2 N–H and O–H groups in total. The minimum absolute atomic E-state index is 0.0488. The van der Waals surface area contributed by atoms with Crippen molar-refractivity contribution < 1.29 is 9.90 Å². The van der Waals surface area contributed by atoms with E-state index in [9.17, 15) is 4.79 Å². The Labute approximate surface area is 98.0 Å². The van der Waals surface area contributed by atoms with E-state index in [1.807, 2.05) is 6.92 Å². The normalized spacial score (nSPS) is 25.4. The van der Waals surface area contributed by atoms with Crippen molar-refractivity contribution in [3.05, 3.63) is 0 Å². The van der Waals surface area contributed by atoms with Crippen molar-refractivity contribution in [1.29, 1.82) is 0 Å². The molecular weight excluding hydrogens is 204 g/mol. The van der Waals surface area contributed by atoms with E-state index in [0.29, 0.717) is 31.5 Å². The second kappa shape index (κ2) is 6.86. The van der Waals surface area contributed by atoms with E-state index in [0.717, 1.165) is 6.54 Å². The van der Waals surface area contributed by atoms with Crippen LogP contribution in [0.1, 0.15) is 33.1 Å². The Morgan fingerprint density at radius 2 is 2.31 bits per heavy atom. The van der Waals surface area contributed by atoms with Crippen molar-refractivity contribution in [2.75, 3.05) is 26.2 Å². The number of amides is 1. The molecule has 0 aromatic rings. The Hall–Kier alpha value is -0.610. The summed E-state index contributed by atoms with van der Waals surface area (Å²) in [5.74, 6) is 0.730. The van der Waals surface area contributed by atoms with E-state index in [1.54, 1.807) is 4.90 Å². The van der Waals surface area contributed by atoms with Gasteiger partial charge in [0.2, 0.25) is 5.91 Å². The number of likely N-dealkylation sites (N-methyl/N-ethyl adjacent to an activating group) is 1. The molecule has 1 aliphatic rings. The lowest BCUT2D eigenvalue weighted by Crippen LogP contribution is -2.45. The van der Waals surface area contributed by atoms with Crippen LogP contribution < -0.4 is 5.32 Å². The molecule has 0 saturated carbocycles. The Morgan fingerprint density at radius 3 is 2.88 bits per heavy atom. The highest BCUT2D eigenvalue weighted by Gasteiger charge is 2.24. The topological polar surface area (TPSA) is 52.6 Å². The summed E-state index contributed by atoms with van der Waals surface area (Å²) in [6.45, 7) is 6.36. The fourth-order valence-corrected chi connectivity index (χ4v) is 2.28. The van der Waals surface area contributed by atoms with Gasteiger partial charge < -0.3 is 15.3 Å². The summed E-state index contributed by atoms with van der Waals surface area (Å²) in [4.78, 5) is 13.7. The van der Waals surface area contributed by atoms with Crippen molar-refractivity contribution in [2.45, 2.75) is 39.2 Å². The number of nitrogens with zero attached hydrogens (tertiary/aromatic N) is 1. The molecule has 0 bridgehead atoms. The Bertz CT molecular complexity index is 221. The molecule has 2 atom stereocenters. The number of rotatable bonds is 5. The third-order valence-corrected chi connectivity index (χ3v) is 3.43. The molecule has 1 rings (SSSR count). The molecule has 1 amide bonds. The van der Waals surface area contributed by atoms with Crippen LogP contribution in [0.5, 0.6) is 0 Å². The molecule has 1 saturated heterocycles. The molecule has 0 aromatic carbocycles. The largest absolute Gasteiger partial charge is 0.395 e. The lowest BCUT2D eigenvalue weighted by Gasteiger charge is -2.31. The van der Waals surface area contributed by atoms with Gasteiger partial charge in [-0.1, -0.05) is 6.92 Å². The summed E-state index contributed by atoms with van der Waals surface area (Å²) in [5.41, 5.74) is 0. The van der Waals surface area contributed by atoms with E-state index in [1.165, 1.54) is 12.8 Å². The minimum atomic E-state index is 0.0488. The number of carbonyl (C=O) groups is 1. The second-order valence-electron chi connectivity index (χ2n) is 4.58. The smallest absolute Gasteiger partial charge is 0.224 e. The zero-order chi connectivity index (χ0) is 12.0. The number of carbonyl (C=O) groups excluding carboxylic acids is 1. The molecule has 1 heterocycles. The third kappa shape index (κ3) is 3.76. The summed E-state index contributed by atoms with van der Waals surface area (Å²) < 4.78 is 0. The molecule has 0 radical (unpaired) electrons. The highest BCUT2D eigenvalue weighted by atomic mass is 16.3. The van der Waals surface area contributed by atoms with E-state index in [2.05, 4.69) is 12.2 Å². The fourth-order valence-electron chi connectivity index (χ4n) is 2.28. The third-order valence-electron chi connectivity index (χ3n) is 3.43. The van der Waals surface area contributed by atoms with Crippen molar-refractivity contribution in [2.24, 2.45) is 5.92 Å². The maximum absolute atomic E-state index is 12.0. The average molecular weight is 228 g/mol. The van der Waals surface area contributed by atoms with Crippen LogP contribution in [-0.4, -0.2) is 48.2 Å². The highest BCUT2D eigenvalue weighted by Crippen LogP contribution is 2.18. The SMILES string of the molecule is CCN(CCO)C(=O)CC1NCCCC1C. The highest BCUT2D eigenvalue weighted by molar-refractivity contribution is 5.76. The first-order valence-corrected chi connectivity index (χ1v) is 6.31. The van der Waals surface area contributed by atoms with Crippen molar-refractivity contribution in [3.63, 3.8) is 0 Å². The van der Waals surface area contributed by atoms with E-state index in [-0.39, 0.29) is 12.5 Å². The molecule has 2 unspecified atom stereocenters. The standard InChI is InChI=1S/C12H24N2O2/c1-3-14(7-8-15)12(16)9-11-10(2)5-4-6-13-11/h10-11,13,15H,3-9H2,1-2H3. The van der Waals surface area contributed by atoms with Crippen LogP contribution >= 0.6 is 0 Å². The van der Waals surface area contributed by atoms with Crippen molar-refractivity contribution >= 4 is 5.91 Å². The number of aliphatic hydroxyl groups is 1. The number of hydrogen-bond donors (Lipinski definition) is 2. The van der Waals surface area contributed by atoms with Crippen LogP contribution in [0.15, 0.2) is 0 Å². The van der Waals surface area contributed by atoms with Crippen LogP contribution in [0.4, 0.5) is 0 Å². The molecule has 4 heteroatoms. The van der Waals surface area contributed by atoms with Crippen LogP contribution in [0.3, 0.4) is 0 Å². The summed E-state index contributed by atoms with van der Waals surface area (Å²) in [6, 6.07) is 0.314. The molecule has 16 heavy (non-hydrogen) atoms. The van der Waals surface area contributed by atoms with Crippen molar-refractivity contribution in [3.8, 4) is 0 Å². The molecule has 1 fully saturated rings. The average Bonchev–Trinajstić information content (AvgIpc) is 2.29. The molecular formula is C12H24N2O2. The van der Waals surface area contributed by atoms with Crippen LogP contribution in [0, 0.1) is 5.92 Å². The van der Waals surface area contributed by atoms with E-state index < -0.39 is 0 Å². The maximum atomic E-state index is 12.0. The van der Waals surface area contributed by atoms with Gasteiger partial charge in [0.1, 0.15) is 0 Å². The van der Waals surface area contributed by atoms with Crippen molar-refractivity contribution in [1.82, 2.24) is 10.2 Å². The summed E-state index contributed by atoms with van der Waals surface area (Å²) in [6.07, 6.45) is 2.98. The first-order chi connectivity index (χ1) is 7.69. The summed E-state index contributed by atoms with van der Waals surface area (Å²) in [7, 11) is 0. The summed E-state index contributed by atoms with van der Waals surface area (Å²) >= 11 is 0. The number of hydrogen-bond acceptors (Lipinski definition) is 3. The molecule has 1 aliphatic heterocycles. The predicted octanol–water partition coefficient (Wildman–Crippen LogP) is 0.605. The van der Waals surface area contributed by atoms with E-state index in [4.69, 9.17) is 5.11 Å². The Balaban J connectivity index is 2.41. The fraction of sp³-hybridized carbons (Fsp3) is 0.917. The number of nitrogens with one attached hydrogen (secondary N) is 1. The van der Waals surface area contributed by atoms with Gasteiger partial charge in [0.15, 0.2) is 0 Å². The molecule has 94 valence electrons. The Morgan fingerprint density at radius 1 is 1.56 bits per heavy atom. The van der Waals surface area contributed by atoms with Gasteiger partial charge in [-0.3, -0.25) is 4.79 Å². The zero-order valence-electron chi connectivity index (χ0n) is 10.4. The monoisotopic (exact) mass is 228 g/mol. The lowest BCUT2D eigenvalue weighted by atomic mass is 9.90. The van der Waals surface area contributed by atoms with Crippen LogP contribution in [-0.2, 0) is 4.79 Å². The zero-order valence-corrected chi connectivity index (χ0v) is 10.4. The van der Waals surface area contributed by atoms with E-state index >= 15 is 0 Å². The number of aliphatic hydroxyl groups excluding tert-OH is 1. The Kier molecular flexibility index (Phi) is 5.77. The molecule has 0 aliphatic carbocycles. The van der Waals surface area contributed by atoms with Gasteiger partial charge in [0.05, 0.1) is 6.61 Å². The molecule has 0 aromatic heterocycles. The van der Waals surface area contributed by atoms with Gasteiger partial charge in [0.25, 0.3) is 0 Å².